The normalized spacial score (nSPS) is 25.9. The van der Waals surface area contributed by atoms with Gasteiger partial charge in [-0.2, -0.15) is 0 Å². The van der Waals surface area contributed by atoms with Gasteiger partial charge in [0.1, 0.15) is 11.4 Å². The lowest BCUT2D eigenvalue weighted by Gasteiger charge is -2.37. The third kappa shape index (κ3) is 3.00. The van der Waals surface area contributed by atoms with Crippen LogP contribution in [0.25, 0.3) is 0 Å². The number of nitrogens with one attached hydrogen (secondary N) is 2. The van der Waals surface area contributed by atoms with E-state index in [1.165, 1.54) is 12.1 Å². The van der Waals surface area contributed by atoms with Crippen LogP contribution in [-0.2, 0) is 9.59 Å². The number of benzene rings is 1. The molecule has 0 spiro atoms. The van der Waals surface area contributed by atoms with Crippen LogP contribution in [0, 0.1) is 11.7 Å². The number of piperazine rings is 1. The van der Waals surface area contributed by atoms with Crippen LogP contribution in [0.4, 0.5) is 14.9 Å². The van der Waals surface area contributed by atoms with Gasteiger partial charge in [0.25, 0.3) is 5.91 Å². The maximum atomic E-state index is 13.4. The molecule has 0 aromatic heterocycles. The number of carbonyl (C=O) groups excluding carboxylic acids is 3. The summed E-state index contributed by atoms with van der Waals surface area (Å²) in [4.78, 5) is 40.4. The van der Waals surface area contributed by atoms with Crippen LogP contribution >= 0.6 is 0 Å². The first kappa shape index (κ1) is 16.8. The van der Waals surface area contributed by atoms with Gasteiger partial charge in [-0.05, 0) is 37.0 Å². The zero-order valence-electron chi connectivity index (χ0n) is 14.3. The Labute approximate surface area is 150 Å². The number of hydrogen-bond donors (Lipinski definition) is 2. The van der Waals surface area contributed by atoms with Gasteiger partial charge in [0.2, 0.25) is 5.91 Å². The van der Waals surface area contributed by atoms with E-state index >= 15 is 0 Å². The van der Waals surface area contributed by atoms with Crippen LogP contribution in [0.5, 0.6) is 0 Å². The van der Waals surface area contributed by atoms with E-state index < -0.39 is 17.5 Å². The Morgan fingerprint density at radius 2 is 1.92 bits per heavy atom. The number of urea groups is 1. The maximum Gasteiger partial charge on any atom is 0.322 e. The molecule has 1 aliphatic carbocycles. The second-order valence-corrected chi connectivity index (χ2v) is 7.18. The van der Waals surface area contributed by atoms with Crippen molar-refractivity contribution in [2.45, 2.75) is 24.8 Å². The fourth-order valence-corrected chi connectivity index (χ4v) is 3.87. The third-order valence-corrected chi connectivity index (χ3v) is 5.48. The van der Waals surface area contributed by atoms with Crippen LogP contribution in [0.15, 0.2) is 24.3 Å². The molecule has 1 unspecified atom stereocenters. The fourth-order valence-electron chi connectivity index (χ4n) is 3.87. The van der Waals surface area contributed by atoms with E-state index in [9.17, 15) is 18.8 Å². The zero-order chi connectivity index (χ0) is 18.3. The Hall–Kier alpha value is -2.64. The summed E-state index contributed by atoms with van der Waals surface area (Å²) < 4.78 is 13.4. The van der Waals surface area contributed by atoms with Crippen LogP contribution in [0.1, 0.15) is 19.3 Å². The molecule has 4 amide bonds. The molecule has 4 rings (SSSR count). The molecule has 0 bridgehead atoms. The summed E-state index contributed by atoms with van der Waals surface area (Å²) in [6.07, 6.45) is 1.68. The van der Waals surface area contributed by atoms with Crippen molar-refractivity contribution in [3.05, 3.63) is 30.1 Å². The number of carbonyl (C=O) groups is 3. The number of rotatable bonds is 4. The molecule has 2 N–H and O–H groups in total. The molecule has 1 aromatic rings. The van der Waals surface area contributed by atoms with Crippen LogP contribution in [-0.4, -0.2) is 54.5 Å². The Morgan fingerprint density at radius 1 is 1.19 bits per heavy atom. The molecule has 2 aliphatic heterocycles. The lowest BCUT2D eigenvalue weighted by atomic mass is 9.88. The van der Waals surface area contributed by atoms with Gasteiger partial charge in [-0.25, -0.2) is 9.18 Å². The summed E-state index contributed by atoms with van der Waals surface area (Å²) >= 11 is 0. The number of hydrogen-bond acceptors (Lipinski definition) is 4. The molecule has 26 heavy (non-hydrogen) atoms. The van der Waals surface area contributed by atoms with Crippen molar-refractivity contribution >= 4 is 23.5 Å². The van der Waals surface area contributed by atoms with Gasteiger partial charge in [-0.3, -0.25) is 14.9 Å². The van der Waals surface area contributed by atoms with Gasteiger partial charge >= 0.3 is 6.03 Å². The molecule has 2 saturated heterocycles. The highest BCUT2D eigenvalue weighted by molar-refractivity contribution is 6.09. The molecule has 3 fully saturated rings. The minimum absolute atomic E-state index is 0.00476. The number of anilines is 1. The van der Waals surface area contributed by atoms with Crippen molar-refractivity contribution in [1.29, 1.82) is 0 Å². The van der Waals surface area contributed by atoms with Crippen LogP contribution in [0.2, 0.25) is 0 Å². The van der Waals surface area contributed by atoms with E-state index in [2.05, 4.69) is 10.6 Å². The molecule has 3 aliphatic rings. The van der Waals surface area contributed by atoms with Crippen molar-refractivity contribution in [3.8, 4) is 0 Å². The average molecular weight is 360 g/mol. The second kappa shape index (κ2) is 6.26. The van der Waals surface area contributed by atoms with Gasteiger partial charge < -0.3 is 15.1 Å². The number of imide groups is 1. The molecule has 1 aromatic carbocycles. The van der Waals surface area contributed by atoms with Crippen molar-refractivity contribution in [3.63, 3.8) is 0 Å². The summed E-state index contributed by atoms with van der Waals surface area (Å²) in [6.45, 7) is 2.21. The van der Waals surface area contributed by atoms with Gasteiger partial charge in [0.15, 0.2) is 0 Å². The van der Waals surface area contributed by atoms with E-state index in [4.69, 9.17) is 0 Å². The monoisotopic (exact) mass is 360 g/mol. The first-order chi connectivity index (χ1) is 12.5. The predicted molar refractivity (Wildman–Crippen MR) is 91.9 cm³/mol. The Bertz CT molecular complexity index is 759. The van der Waals surface area contributed by atoms with Crippen molar-refractivity contribution in [2.75, 3.05) is 31.1 Å². The SMILES string of the molecule is O=C1NC(=O)C(CC(=O)N2CCN(c3cccc(F)c3)CC2)(C2CC2)N1. The molecular weight excluding hydrogens is 339 g/mol. The Balaban J connectivity index is 1.39. The van der Waals surface area contributed by atoms with Crippen molar-refractivity contribution < 1.29 is 18.8 Å². The average Bonchev–Trinajstić information content (AvgIpc) is 3.42. The first-order valence-electron chi connectivity index (χ1n) is 8.90. The summed E-state index contributed by atoms with van der Waals surface area (Å²) in [6, 6.07) is 5.88. The van der Waals surface area contributed by atoms with E-state index in [-0.39, 0.29) is 24.1 Å². The smallest absolute Gasteiger partial charge is 0.322 e. The van der Waals surface area contributed by atoms with Crippen LogP contribution in [0.3, 0.4) is 0 Å². The molecule has 0 radical (unpaired) electrons. The molecular formula is C18H21FN4O3. The lowest BCUT2D eigenvalue weighted by molar-refractivity contribution is -0.137. The molecule has 8 heteroatoms. The van der Waals surface area contributed by atoms with Gasteiger partial charge in [-0.15, -0.1) is 0 Å². The second-order valence-electron chi connectivity index (χ2n) is 7.18. The minimum atomic E-state index is -1.09. The highest BCUT2D eigenvalue weighted by atomic mass is 19.1. The molecule has 1 atom stereocenters. The highest BCUT2D eigenvalue weighted by Crippen LogP contribution is 2.43. The van der Waals surface area contributed by atoms with Crippen LogP contribution < -0.4 is 15.5 Å². The molecule has 1 saturated carbocycles. The third-order valence-electron chi connectivity index (χ3n) is 5.48. The van der Waals surface area contributed by atoms with Gasteiger partial charge in [0.05, 0.1) is 6.42 Å². The van der Waals surface area contributed by atoms with E-state index in [1.54, 1.807) is 11.0 Å². The van der Waals surface area contributed by atoms with Gasteiger partial charge in [-0.1, -0.05) is 6.07 Å². The summed E-state index contributed by atoms with van der Waals surface area (Å²) in [5, 5.41) is 4.96. The van der Waals surface area contributed by atoms with Crippen molar-refractivity contribution in [2.24, 2.45) is 5.92 Å². The number of nitrogens with zero attached hydrogens (tertiary/aromatic N) is 2. The maximum absolute atomic E-state index is 13.4. The minimum Gasteiger partial charge on any atom is -0.368 e. The topological polar surface area (TPSA) is 81.8 Å². The number of amides is 4. The number of halogens is 1. The van der Waals surface area contributed by atoms with E-state index in [0.29, 0.717) is 26.2 Å². The summed E-state index contributed by atoms with van der Waals surface area (Å²) in [5.74, 6) is -0.772. The predicted octanol–water partition coefficient (Wildman–Crippen LogP) is 0.853. The standard InChI is InChI=1S/C18H21FN4O3/c19-13-2-1-3-14(10-13)22-6-8-23(9-7-22)15(24)11-18(12-4-5-12)16(25)20-17(26)21-18/h1-3,10,12H,4-9,11H2,(H2,20,21,25,26). The van der Waals surface area contributed by atoms with E-state index in [1.807, 2.05) is 11.0 Å². The highest BCUT2D eigenvalue weighted by Gasteiger charge is 2.57. The van der Waals surface area contributed by atoms with E-state index in [0.717, 1.165) is 18.5 Å². The molecule has 7 nitrogen and oxygen atoms in total. The largest absolute Gasteiger partial charge is 0.368 e. The quantitative estimate of drug-likeness (QED) is 0.780. The van der Waals surface area contributed by atoms with Crippen molar-refractivity contribution in [1.82, 2.24) is 15.5 Å². The Morgan fingerprint density at radius 3 is 2.50 bits per heavy atom. The molecule has 138 valence electrons. The Kier molecular flexibility index (Phi) is 4.05. The summed E-state index contributed by atoms with van der Waals surface area (Å²) in [7, 11) is 0. The lowest BCUT2D eigenvalue weighted by Crippen LogP contribution is -2.55. The summed E-state index contributed by atoms with van der Waals surface area (Å²) in [5.41, 5.74) is -0.289. The fraction of sp³-hybridized carbons (Fsp3) is 0.500. The zero-order valence-corrected chi connectivity index (χ0v) is 14.3. The molecule has 2 heterocycles. The first-order valence-corrected chi connectivity index (χ1v) is 8.90. The van der Waals surface area contributed by atoms with Gasteiger partial charge in [0, 0.05) is 31.9 Å².